The summed E-state index contributed by atoms with van der Waals surface area (Å²) >= 11 is 12.0. The number of hydrogen-bond acceptors (Lipinski definition) is 3. The van der Waals surface area contributed by atoms with E-state index in [1.54, 1.807) is 19.2 Å². The van der Waals surface area contributed by atoms with E-state index in [9.17, 15) is 4.79 Å². The van der Waals surface area contributed by atoms with Crippen LogP contribution in [0.2, 0.25) is 10.0 Å². The minimum atomic E-state index is 0.118. The van der Waals surface area contributed by atoms with Crippen molar-refractivity contribution in [2.75, 3.05) is 31.1 Å². The van der Waals surface area contributed by atoms with Crippen molar-refractivity contribution < 1.29 is 4.79 Å². The Bertz CT molecular complexity index is 453. The SMILES string of the molecule is CC(=O)N1CCCN(c2ncc(Cl)cc2Cl)CC1. The van der Waals surface area contributed by atoms with Crippen LogP contribution >= 0.6 is 23.2 Å². The normalized spacial score (nSPS) is 16.6. The summed E-state index contributed by atoms with van der Waals surface area (Å²) in [4.78, 5) is 19.6. The zero-order valence-electron chi connectivity index (χ0n) is 10.2. The largest absolute Gasteiger partial charge is 0.354 e. The van der Waals surface area contributed by atoms with Gasteiger partial charge in [0.15, 0.2) is 0 Å². The summed E-state index contributed by atoms with van der Waals surface area (Å²) in [6.07, 6.45) is 2.51. The highest BCUT2D eigenvalue weighted by atomic mass is 35.5. The molecule has 1 aromatic heterocycles. The van der Waals surface area contributed by atoms with Gasteiger partial charge in [0.1, 0.15) is 5.82 Å². The van der Waals surface area contributed by atoms with Gasteiger partial charge in [-0.15, -0.1) is 0 Å². The quantitative estimate of drug-likeness (QED) is 0.796. The van der Waals surface area contributed by atoms with Crippen LogP contribution in [0.3, 0.4) is 0 Å². The summed E-state index contributed by atoms with van der Waals surface area (Å²) in [5, 5.41) is 1.09. The van der Waals surface area contributed by atoms with Crippen molar-refractivity contribution in [3.05, 3.63) is 22.3 Å². The number of anilines is 1. The molecule has 4 nitrogen and oxygen atoms in total. The molecule has 0 spiro atoms. The molecule has 0 radical (unpaired) electrons. The monoisotopic (exact) mass is 287 g/mol. The Morgan fingerprint density at radius 1 is 1.28 bits per heavy atom. The van der Waals surface area contributed by atoms with Crippen LogP contribution < -0.4 is 4.90 Å². The summed E-state index contributed by atoms with van der Waals surface area (Å²) in [6.45, 7) is 4.68. The van der Waals surface area contributed by atoms with E-state index < -0.39 is 0 Å². The Labute approximate surface area is 116 Å². The summed E-state index contributed by atoms with van der Waals surface area (Å²) < 4.78 is 0. The van der Waals surface area contributed by atoms with Crippen molar-refractivity contribution >= 4 is 34.9 Å². The van der Waals surface area contributed by atoms with Crippen molar-refractivity contribution in [3.8, 4) is 0 Å². The van der Waals surface area contributed by atoms with Crippen LogP contribution in [0.15, 0.2) is 12.3 Å². The first kappa shape index (κ1) is 13.4. The van der Waals surface area contributed by atoms with E-state index in [4.69, 9.17) is 23.2 Å². The molecule has 0 aliphatic carbocycles. The van der Waals surface area contributed by atoms with Gasteiger partial charge in [-0.25, -0.2) is 4.98 Å². The van der Waals surface area contributed by atoms with Gasteiger partial charge in [0.2, 0.25) is 5.91 Å². The van der Waals surface area contributed by atoms with Gasteiger partial charge in [0.05, 0.1) is 10.0 Å². The standard InChI is InChI=1S/C12H15Cl2N3O/c1-9(18)16-3-2-4-17(6-5-16)12-11(14)7-10(13)8-15-12/h7-8H,2-6H2,1H3. The summed E-state index contributed by atoms with van der Waals surface area (Å²) in [5.41, 5.74) is 0. The van der Waals surface area contributed by atoms with E-state index in [2.05, 4.69) is 9.88 Å². The van der Waals surface area contributed by atoms with E-state index in [0.717, 1.165) is 31.9 Å². The zero-order chi connectivity index (χ0) is 13.1. The lowest BCUT2D eigenvalue weighted by atomic mass is 10.3. The van der Waals surface area contributed by atoms with Crippen molar-refractivity contribution in [2.24, 2.45) is 0 Å². The number of rotatable bonds is 1. The third kappa shape index (κ3) is 3.06. The van der Waals surface area contributed by atoms with E-state index in [1.807, 2.05) is 4.90 Å². The van der Waals surface area contributed by atoms with E-state index >= 15 is 0 Å². The van der Waals surface area contributed by atoms with Crippen LogP contribution in [0.4, 0.5) is 5.82 Å². The van der Waals surface area contributed by atoms with Crippen LogP contribution in [-0.4, -0.2) is 42.0 Å². The molecule has 1 aliphatic heterocycles. The number of aromatic nitrogens is 1. The molecule has 0 saturated carbocycles. The highest BCUT2D eigenvalue weighted by molar-refractivity contribution is 6.36. The van der Waals surface area contributed by atoms with E-state index in [-0.39, 0.29) is 5.91 Å². The highest BCUT2D eigenvalue weighted by Crippen LogP contribution is 2.26. The molecule has 0 N–H and O–H groups in total. The average molecular weight is 288 g/mol. The average Bonchev–Trinajstić information content (AvgIpc) is 2.54. The molecule has 1 amide bonds. The predicted octanol–water partition coefficient (Wildman–Crippen LogP) is 2.45. The molecule has 6 heteroatoms. The molecule has 1 aliphatic rings. The smallest absolute Gasteiger partial charge is 0.219 e. The Morgan fingerprint density at radius 2 is 2.06 bits per heavy atom. The molecule has 0 aromatic carbocycles. The fourth-order valence-corrected chi connectivity index (χ4v) is 2.58. The zero-order valence-corrected chi connectivity index (χ0v) is 11.7. The maximum absolute atomic E-state index is 11.4. The lowest BCUT2D eigenvalue weighted by Gasteiger charge is -2.23. The Morgan fingerprint density at radius 3 is 2.72 bits per heavy atom. The summed E-state index contributed by atoms with van der Waals surface area (Å²) in [5.74, 6) is 0.860. The third-order valence-electron chi connectivity index (χ3n) is 3.03. The van der Waals surface area contributed by atoms with Gasteiger partial charge in [-0.3, -0.25) is 4.79 Å². The molecule has 98 valence electrons. The first-order valence-electron chi connectivity index (χ1n) is 5.89. The lowest BCUT2D eigenvalue weighted by molar-refractivity contribution is -0.128. The third-order valence-corrected chi connectivity index (χ3v) is 3.51. The van der Waals surface area contributed by atoms with Crippen molar-refractivity contribution in [2.45, 2.75) is 13.3 Å². The van der Waals surface area contributed by atoms with Gasteiger partial charge in [-0.1, -0.05) is 23.2 Å². The minimum Gasteiger partial charge on any atom is -0.354 e. The molecule has 0 unspecified atom stereocenters. The number of nitrogens with zero attached hydrogens (tertiary/aromatic N) is 3. The first-order valence-corrected chi connectivity index (χ1v) is 6.65. The number of halogens is 2. The molecule has 0 bridgehead atoms. The second-order valence-electron chi connectivity index (χ2n) is 4.31. The lowest BCUT2D eigenvalue weighted by Crippen LogP contribution is -2.33. The maximum atomic E-state index is 11.4. The van der Waals surface area contributed by atoms with Crippen molar-refractivity contribution in [1.29, 1.82) is 0 Å². The Hall–Kier alpha value is -1.000. The fraction of sp³-hybridized carbons (Fsp3) is 0.500. The van der Waals surface area contributed by atoms with Crippen LogP contribution in [0, 0.1) is 0 Å². The Kier molecular flexibility index (Phi) is 4.30. The minimum absolute atomic E-state index is 0.118. The molecule has 1 saturated heterocycles. The number of amides is 1. The first-order chi connectivity index (χ1) is 8.58. The van der Waals surface area contributed by atoms with Gasteiger partial charge in [-0.05, 0) is 12.5 Å². The number of pyridine rings is 1. The van der Waals surface area contributed by atoms with Gasteiger partial charge >= 0.3 is 0 Å². The van der Waals surface area contributed by atoms with Gasteiger partial charge in [0.25, 0.3) is 0 Å². The topological polar surface area (TPSA) is 36.4 Å². The van der Waals surface area contributed by atoms with E-state index in [0.29, 0.717) is 16.6 Å². The summed E-state index contributed by atoms with van der Waals surface area (Å²) in [6, 6.07) is 1.69. The second kappa shape index (κ2) is 5.76. The molecule has 0 atom stereocenters. The number of carbonyl (C=O) groups excluding carboxylic acids is 1. The fourth-order valence-electron chi connectivity index (χ4n) is 2.08. The molecule has 2 heterocycles. The number of hydrogen-bond donors (Lipinski definition) is 0. The molecule has 2 rings (SSSR count). The Balaban J connectivity index is 2.12. The van der Waals surface area contributed by atoms with Gasteiger partial charge in [0, 0.05) is 39.3 Å². The van der Waals surface area contributed by atoms with Crippen LogP contribution in [0.5, 0.6) is 0 Å². The number of carbonyl (C=O) groups is 1. The maximum Gasteiger partial charge on any atom is 0.219 e. The summed E-state index contributed by atoms with van der Waals surface area (Å²) in [7, 11) is 0. The van der Waals surface area contributed by atoms with Gasteiger partial charge in [-0.2, -0.15) is 0 Å². The molecular weight excluding hydrogens is 273 g/mol. The van der Waals surface area contributed by atoms with Crippen LogP contribution in [0.25, 0.3) is 0 Å². The van der Waals surface area contributed by atoms with E-state index in [1.165, 1.54) is 0 Å². The highest BCUT2D eigenvalue weighted by Gasteiger charge is 2.19. The van der Waals surface area contributed by atoms with Crippen molar-refractivity contribution in [3.63, 3.8) is 0 Å². The molecule has 1 aromatic rings. The van der Waals surface area contributed by atoms with Crippen molar-refractivity contribution in [1.82, 2.24) is 9.88 Å². The second-order valence-corrected chi connectivity index (χ2v) is 5.15. The molecule has 1 fully saturated rings. The molecular formula is C12H15Cl2N3O. The van der Waals surface area contributed by atoms with Crippen LogP contribution in [0.1, 0.15) is 13.3 Å². The van der Waals surface area contributed by atoms with Crippen LogP contribution in [-0.2, 0) is 4.79 Å². The molecule has 18 heavy (non-hydrogen) atoms. The predicted molar refractivity (Wildman–Crippen MR) is 73.3 cm³/mol. The van der Waals surface area contributed by atoms with Gasteiger partial charge < -0.3 is 9.80 Å².